The minimum Gasteiger partial charge on any atom is -0.461 e. The van der Waals surface area contributed by atoms with E-state index in [0.29, 0.717) is 5.92 Å². The van der Waals surface area contributed by atoms with Crippen LogP contribution in [0.3, 0.4) is 0 Å². The molecule has 78 valence electrons. The van der Waals surface area contributed by atoms with Crippen molar-refractivity contribution in [2.24, 2.45) is 11.7 Å². The largest absolute Gasteiger partial charge is 0.461 e. The topological polar surface area (TPSA) is 72.5 Å². The van der Waals surface area contributed by atoms with Gasteiger partial charge in [-0.3, -0.25) is 0 Å². The summed E-state index contributed by atoms with van der Waals surface area (Å²) >= 11 is 0. The van der Waals surface area contributed by atoms with Gasteiger partial charge in [0.25, 0.3) is 0 Å². The number of hydrogen-bond donors (Lipinski definition) is 2. The highest BCUT2D eigenvalue weighted by atomic mass is 16.6. The number of rotatable bonds is 5. The normalized spacial score (nSPS) is 15.5. The third kappa shape index (κ3) is 5.60. The Bertz CT molecular complexity index is 159. The van der Waals surface area contributed by atoms with Crippen LogP contribution >= 0.6 is 0 Å². The van der Waals surface area contributed by atoms with Crippen molar-refractivity contribution in [2.75, 3.05) is 6.54 Å². The molecule has 0 fully saturated rings. The van der Waals surface area contributed by atoms with E-state index in [4.69, 9.17) is 15.6 Å². The molecule has 0 amide bonds. The number of esters is 1. The van der Waals surface area contributed by atoms with Crippen LogP contribution in [-0.4, -0.2) is 29.8 Å². The molecule has 0 aliphatic carbocycles. The Morgan fingerprint density at radius 3 is 2.38 bits per heavy atom. The lowest BCUT2D eigenvalue weighted by atomic mass is 10.1. The number of hydrogen-bond acceptors (Lipinski definition) is 4. The first-order chi connectivity index (χ1) is 5.97. The minimum atomic E-state index is -1.19. The van der Waals surface area contributed by atoms with Crippen molar-refractivity contribution in [1.82, 2.24) is 0 Å². The lowest BCUT2D eigenvalue weighted by Gasteiger charge is -2.16. The zero-order valence-corrected chi connectivity index (χ0v) is 8.49. The van der Waals surface area contributed by atoms with Crippen LogP contribution in [0.5, 0.6) is 0 Å². The molecule has 0 bridgehead atoms. The number of carbonyl (C=O) groups excluding carboxylic acids is 1. The summed E-state index contributed by atoms with van der Waals surface area (Å²) in [4.78, 5) is 11.0. The molecule has 2 atom stereocenters. The molecular formula is C9H19NO3. The lowest BCUT2D eigenvalue weighted by molar-refractivity contribution is -0.158. The summed E-state index contributed by atoms with van der Waals surface area (Å²) in [7, 11) is 0. The first-order valence-corrected chi connectivity index (χ1v) is 4.56. The molecule has 0 heterocycles. The molecule has 4 nitrogen and oxygen atoms in total. The predicted octanol–water partition coefficient (Wildman–Crippen LogP) is 0.284. The Morgan fingerprint density at radius 1 is 1.46 bits per heavy atom. The Hall–Kier alpha value is -0.610. The molecular weight excluding hydrogens is 170 g/mol. The van der Waals surface area contributed by atoms with E-state index in [-0.39, 0.29) is 12.6 Å². The van der Waals surface area contributed by atoms with E-state index in [2.05, 4.69) is 0 Å². The number of aliphatic hydroxyl groups excluding tert-OH is 1. The third-order valence-electron chi connectivity index (χ3n) is 1.62. The first kappa shape index (κ1) is 12.4. The van der Waals surface area contributed by atoms with Crippen LogP contribution < -0.4 is 5.73 Å². The van der Waals surface area contributed by atoms with E-state index in [1.807, 2.05) is 13.8 Å². The molecule has 0 rings (SSSR count). The van der Waals surface area contributed by atoms with Crippen molar-refractivity contribution in [3.63, 3.8) is 0 Å². The molecule has 0 aromatic carbocycles. The fourth-order valence-electron chi connectivity index (χ4n) is 1.09. The summed E-state index contributed by atoms with van der Waals surface area (Å²) in [5.74, 6) is -0.159. The van der Waals surface area contributed by atoms with Crippen LogP contribution in [0.2, 0.25) is 0 Å². The first-order valence-electron chi connectivity index (χ1n) is 4.56. The van der Waals surface area contributed by atoms with Crippen LogP contribution in [0.25, 0.3) is 0 Å². The minimum absolute atomic E-state index is 0.0900. The van der Waals surface area contributed by atoms with Crippen molar-refractivity contribution in [3.05, 3.63) is 0 Å². The summed E-state index contributed by atoms with van der Waals surface area (Å²) in [5, 5.41) is 9.01. The van der Waals surface area contributed by atoms with E-state index in [9.17, 15) is 4.79 Å². The molecule has 0 saturated heterocycles. The molecule has 0 aromatic rings. The average Bonchev–Trinajstić information content (AvgIpc) is 2.01. The number of aliphatic hydroxyl groups is 1. The lowest BCUT2D eigenvalue weighted by Crippen LogP contribution is -2.33. The molecule has 0 aromatic heterocycles. The second-order valence-corrected chi connectivity index (χ2v) is 3.63. The summed E-state index contributed by atoms with van der Waals surface area (Å²) in [5.41, 5.74) is 5.10. The maximum atomic E-state index is 11.0. The van der Waals surface area contributed by atoms with Crippen LogP contribution in [-0.2, 0) is 9.53 Å². The van der Waals surface area contributed by atoms with Gasteiger partial charge in [0, 0.05) is 6.54 Å². The molecule has 0 saturated carbocycles. The second kappa shape index (κ2) is 5.94. The molecule has 13 heavy (non-hydrogen) atoms. The standard InChI is InChI=1S/C9H19NO3/c1-6(2)4-7(3)13-9(12)8(11)5-10/h6-8,11H,4-5,10H2,1-3H3. The zero-order chi connectivity index (χ0) is 10.4. The van der Waals surface area contributed by atoms with Gasteiger partial charge in [-0.15, -0.1) is 0 Å². The summed E-state index contributed by atoms with van der Waals surface area (Å²) in [6.07, 6.45) is -0.549. The van der Waals surface area contributed by atoms with Crippen LogP contribution in [0, 0.1) is 5.92 Å². The quantitative estimate of drug-likeness (QED) is 0.609. The fraction of sp³-hybridized carbons (Fsp3) is 0.889. The number of nitrogens with two attached hydrogens (primary N) is 1. The molecule has 3 N–H and O–H groups in total. The van der Waals surface area contributed by atoms with Crippen molar-refractivity contribution in [3.8, 4) is 0 Å². The van der Waals surface area contributed by atoms with Crippen LogP contribution in [0.4, 0.5) is 0 Å². The molecule has 0 aliphatic heterocycles. The van der Waals surface area contributed by atoms with E-state index in [1.165, 1.54) is 0 Å². The molecule has 2 unspecified atom stereocenters. The van der Waals surface area contributed by atoms with Crippen LogP contribution in [0.15, 0.2) is 0 Å². The highest BCUT2D eigenvalue weighted by Crippen LogP contribution is 2.08. The summed E-state index contributed by atoms with van der Waals surface area (Å²) in [6.45, 7) is 5.81. The average molecular weight is 189 g/mol. The van der Waals surface area contributed by atoms with E-state index in [0.717, 1.165) is 6.42 Å². The van der Waals surface area contributed by atoms with Gasteiger partial charge in [0.05, 0.1) is 6.10 Å². The molecule has 0 radical (unpaired) electrons. The van der Waals surface area contributed by atoms with Crippen molar-refractivity contribution in [1.29, 1.82) is 0 Å². The second-order valence-electron chi connectivity index (χ2n) is 3.63. The van der Waals surface area contributed by atoms with Gasteiger partial charge in [-0.2, -0.15) is 0 Å². The highest BCUT2D eigenvalue weighted by molar-refractivity contribution is 5.74. The Labute approximate surface area is 79.1 Å². The molecule has 4 heteroatoms. The van der Waals surface area contributed by atoms with E-state index >= 15 is 0 Å². The van der Waals surface area contributed by atoms with E-state index in [1.54, 1.807) is 6.92 Å². The van der Waals surface area contributed by atoms with E-state index < -0.39 is 12.1 Å². The fourth-order valence-corrected chi connectivity index (χ4v) is 1.09. The van der Waals surface area contributed by atoms with Gasteiger partial charge in [0.1, 0.15) is 0 Å². The van der Waals surface area contributed by atoms with Crippen molar-refractivity contribution < 1.29 is 14.6 Å². The monoisotopic (exact) mass is 189 g/mol. The molecule has 0 aliphatic rings. The highest BCUT2D eigenvalue weighted by Gasteiger charge is 2.17. The van der Waals surface area contributed by atoms with Gasteiger partial charge in [0.2, 0.25) is 0 Å². The predicted molar refractivity (Wildman–Crippen MR) is 50.1 cm³/mol. The van der Waals surface area contributed by atoms with Crippen LogP contribution in [0.1, 0.15) is 27.2 Å². The maximum Gasteiger partial charge on any atom is 0.336 e. The molecule has 0 spiro atoms. The number of carbonyl (C=O) groups is 1. The van der Waals surface area contributed by atoms with Gasteiger partial charge >= 0.3 is 5.97 Å². The Morgan fingerprint density at radius 2 is 2.00 bits per heavy atom. The Balaban J connectivity index is 3.77. The SMILES string of the molecule is CC(C)CC(C)OC(=O)C(O)CN. The zero-order valence-electron chi connectivity index (χ0n) is 8.49. The van der Waals surface area contributed by atoms with Gasteiger partial charge in [-0.25, -0.2) is 4.79 Å². The smallest absolute Gasteiger partial charge is 0.336 e. The van der Waals surface area contributed by atoms with Gasteiger partial charge in [0.15, 0.2) is 6.10 Å². The van der Waals surface area contributed by atoms with Gasteiger partial charge in [-0.1, -0.05) is 13.8 Å². The maximum absolute atomic E-state index is 11.0. The number of ether oxygens (including phenoxy) is 1. The van der Waals surface area contributed by atoms with Gasteiger partial charge in [-0.05, 0) is 19.3 Å². The Kier molecular flexibility index (Phi) is 5.66. The van der Waals surface area contributed by atoms with Crippen molar-refractivity contribution in [2.45, 2.75) is 39.4 Å². The van der Waals surface area contributed by atoms with Crippen molar-refractivity contribution >= 4 is 5.97 Å². The third-order valence-corrected chi connectivity index (χ3v) is 1.62. The summed E-state index contributed by atoms with van der Waals surface area (Å²) in [6, 6.07) is 0. The van der Waals surface area contributed by atoms with Gasteiger partial charge < -0.3 is 15.6 Å². The summed E-state index contributed by atoms with van der Waals surface area (Å²) < 4.78 is 4.94.